The van der Waals surface area contributed by atoms with E-state index in [0.717, 1.165) is 43.6 Å². The number of rotatable bonds is 4. The van der Waals surface area contributed by atoms with Crippen molar-refractivity contribution in [3.05, 3.63) is 29.3 Å². The lowest BCUT2D eigenvalue weighted by Gasteiger charge is -2.11. The van der Waals surface area contributed by atoms with Gasteiger partial charge in [-0.1, -0.05) is 6.07 Å². The highest BCUT2D eigenvalue weighted by Crippen LogP contribution is 2.29. The monoisotopic (exact) mass is 216 g/mol. The van der Waals surface area contributed by atoms with E-state index in [1.165, 1.54) is 5.56 Å². The minimum Gasteiger partial charge on any atom is -0.493 e. The first-order valence-electron chi connectivity index (χ1n) is 5.68. The van der Waals surface area contributed by atoms with Gasteiger partial charge < -0.3 is 9.84 Å². The van der Waals surface area contributed by atoms with Crippen LogP contribution in [0.3, 0.4) is 0 Å². The van der Waals surface area contributed by atoms with Crippen LogP contribution in [0.1, 0.15) is 36.5 Å². The summed E-state index contributed by atoms with van der Waals surface area (Å²) < 4.78 is 5.42. The molecular weight excluding hydrogens is 200 g/mol. The molecule has 0 radical (unpaired) electrons. The van der Waals surface area contributed by atoms with Crippen molar-refractivity contribution < 1.29 is 9.84 Å². The Balaban J connectivity index is 2.01. The molecule has 0 bridgehead atoms. The van der Waals surface area contributed by atoms with E-state index >= 15 is 0 Å². The molecule has 0 amide bonds. The van der Waals surface area contributed by atoms with E-state index in [1.54, 1.807) is 0 Å². The minimum absolute atomic E-state index is 0.403. The first kappa shape index (κ1) is 11.0. The highest BCUT2D eigenvalue weighted by Gasteiger charge is 2.14. The standard InChI is InChI=1S/C14H16O2/c1-2-3-4-5-13(15)11-6-7-14-12(10-11)8-9-16-14/h1,6-7,10,13,15H,3-5,8-9H2. The Bertz CT molecular complexity index is 404. The number of aliphatic hydroxyl groups excluding tert-OH is 1. The first-order valence-corrected chi connectivity index (χ1v) is 5.68. The quantitative estimate of drug-likeness (QED) is 0.619. The Labute approximate surface area is 96.3 Å². The molecule has 1 aromatic rings. The average molecular weight is 216 g/mol. The molecule has 1 atom stereocenters. The van der Waals surface area contributed by atoms with E-state index in [0.29, 0.717) is 0 Å². The number of hydrogen-bond acceptors (Lipinski definition) is 2. The third-order valence-electron chi connectivity index (χ3n) is 2.90. The fraction of sp³-hybridized carbons (Fsp3) is 0.429. The summed E-state index contributed by atoms with van der Waals surface area (Å²) in [6, 6.07) is 5.93. The fourth-order valence-electron chi connectivity index (χ4n) is 1.98. The zero-order valence-electron chi connectivity index (χ0n) is 9.28. The molecule has 1 heterocycles. The van der Waals surface area contributed by atoms with Gasteiger partial charge in [-0.3, -0.25) is 0 Å². The summed E-state index contributed by atoms with van der Waals surface area (Å²) in [6.07, 6.45) is 8.04. The summed E-state index contributed by atoms with van der Waals surface area (Å²) in [5.41, 5.74) is 2.18. The summed E-state index contributed by atoms with van der Waals surface area (Å²) in [5.74, 6) is 3.54. The SMILES string of the molecule is C#CCCCC(O)c1ccc2c(c1)CCO2. The van der Waals surface area contributed by atoms with Crippen LogP contribution in [0.5, 0.6) is 5.75 Å². The van der Waals surface area contributed by atoms with Gasteiger partial charge in [-0.15, -0.1) is 12.3 Å². The summed E-state index contributed by atoms with van der Waals surface area (Å²) in [4.78, 5) is 0. The molecular formula is C14H16O2. The highest BCUT2D eigenvalue weighted by molar-refractivity contribution is 5.40. The summed E-state index contributed by atoms with van der Waals surface area (Å²) in [6.45, 7) is 0.756. The van der Waals surface area contributed by atoms with Gasteiger partial charge >= 0.3 is 0 Å². The Hall–Kier alpha value is -1.46. The molecule has 2 heteroatoms. The van der Waals surface area contributed by atoms with Gasteiger partial charge in [-0.2, -0.15) is 0 Å². The molecule has 1 aliphatic heterocycles. The van der Waals surface area contributed by atoms with Gasteiger partial charge in [0, 0.05) is 12.8 Å². The number of fused-ring (bicyclic) bond motifs is 1. The molecule has 84 valence electrons. The van der Waals surface area contributed by atoms with Crippen molar-refractivity contribution in [1.82, 2.24) is 0 Å². The Morgan fingerprint density at radius 1 is 1.50 bits per heavy atom. The number of unbranched alkanes of at least 4 members (excludes halogenated alkanes) is 1. The second-order valence-electron chi connectivity index (χ2n) is 4.08. The number of benzene rings is 1. The van der Waals surface area contributed by atoms with E-state index in [2.05, 4.69) is 5.92 Å². The zero-order chi connectivity index (χ0) is 11.4. The van der Waals surface area contributed by atoms with Gasteiger partial charge in [0.1, 0.15) is 5.75 Å². The van der Waals surface area contributed by atoms with E-state index in [4.69, 9.17) is 11.2 Å². The Morgan fingerprint density at radius 3 is 3.19 bits per heavy atom. The Kier molecular flexibility index (Phi) is 3.48. The van der Waals surface area contributed by atoms with Crippen LogP contribution in [0.15, 0.2) is 18.2 Å². The van der Waals surface area contributed by atoms with Gasteiger partial charge in [0.05, 0.1) is 12.7 Å². The normalized spacial score (nSPS) is 15.0. The van der Waals surface area contributed by atoms with E-state index in [1.807, 2.05) is 18.2 Å². The van der Waals surface area contributed by atoms with Crippen LogP contribution in [0.25, 0.3) is 0 Å². The molecule has 0 saturated heterocycles. The maximum atomic E-state index is 9.97. The maximum absolute atomic E-state index is 9.97. The fourth-order valence-corrected chi connectivity index (χ4v) is 1.98. The van der Waals surface area contributed by atoms with Crippen LogP contribution >= 0.6 is 0 Å². The Morgan fingerprint density at radius 2 is 2.38 bits per heavy atom. The number of terminal acetylenes is 1. The second kappa shape index (κ2) is 5.05. The lowest BCUT2D eigenvalue weighted by molar-refractivity contribution is 0.165. The predicted molar refractivity (Wildman–Crippen MR) is 63.3 cm³/mol. The molecule has 1 N–H and O–H groups in total. The molecule has 0 fully saturated rings. The first-order chi connectivity index (χ1) is 7.81. The van der Waals surface area contributed by atoms with Gasteiger partial charge in [0.25, 0.3) is 0 Å². The molecule has 0 saturated carbocycles. The lowest BCUT2D eigenvalue weighted by atomic mass is 10.0. The largest absolute Gasteiger partial charge is 0.493 e. The van der Waals surface area contributed by atoms with Crippen LogP contribution < -0.4 is 4.74 Å². The summed E-state index contributed by atoms with van der Waals surface area (Å²) in [5, 5.41) is 9.97. The lowest BCUT2D eigenvalue weighted by Crippen LogP contribution is -1.97. The zero-order valence-corrected chi connectivity index (χ0v) is 9.28. The van der Waals surface area contributed by atoms with Crippen LogP contribution in [0.2, 0.25) is 0 Å². The van der Waals surface area contributed by atoms with Crippen molar-refractivity contribution in [3.8, 4) is 18.1 Å². The number of aliphatic hydroxyl groups is 1. The molecule has 0 spiro atoms. The van der Waals surface area contributed by atoms with Crippen molar-refractivity contribution >= 4 is 0 Å². The van der Waals surface area contributed by atoms with E-state index in [9.17, 15) is 5.11 Å². The predicted octanol–water partition coefficient (Wildman–Crippen LogP) is 2.46. The summed E-state index contributed by atoms with van der Waals surface area (Å²) >= 11 is 0. The second-order valence-corrected chi connectivity index (χ2v) is 4.08. The molecule has 0 aliphatic carbocycles. The van der Waals surface area contributed by atoms with E-state index < -0.39 is 6.10 Å². The molecule has 2 nitrogen and oxygen atoms in total. The van der Waals surface area contributed by atoms with Crippen molar-refractivity contribution in [2.45, 2.75) is 31.8 Å². The van der Waals surface area contributed by atoms with Crippen LogP contribution in [-0.2, 0) is 6.42 Å². The van der Waals surface area contributed by atoms with Crippen molar-refractivity contribution in [1.29, 1.82) is 0 Å². The molecule has 0 aromatic heterocycles. The van der Waals surface area contributed by atoms with Crippen molar-refractivity contribution in [2.75, 3.05) is 6.61 Å². The molecule has 1 aromatic carbocycles. The smallest absolute Gasteiger partial charge is 0.122 e. The van der Waals surface area contributed by atoms with Crippen molar-refractivity contribution in [3.63, 3.8) is 0 Å². The van der Waals surface area contributed by atoms with Gasteiger partial charge in [0.15, 0.2) is 0 Å². The van der Waals surface area contributed by atoms with E-state index in [-0.39, 0.29) is 0 Å². The van der Waals surface area contributed by atoms with Gasteiger partial charge in [-0.05, 0) is 36.1 Å². The average Bonchev–Trinajstić information content (AvgIpc) is 2.76. The van der Waals surface area contributed by atoms with Crippen molar-refractivity contribution in [2.24, 2.45) is 0 Å². The number of ether oxygens (including phenoxy) is 1. The summed E-state index contributed by atoms with van der Waals surface area (Å²) in [7, 11) is 0. The topological polar surface area (TPSA) is 29.5 Å². The molecule has 1 unspecified atom stereocenters. The van der Waals surface area contributed by atoms with Gasteiger partial charge in [-0.25, -0.2) is 0 Å². The van der Waals surface area contributed by atoms with Crippen LogP contribution in [-0.4, -0.2) is 11.7 Å². The molecule has 16 heavy (non-hydrogen) atoms. The van der Waals surface area contributed by atoms with Crippen LogP contribution in [0.4, 0.5) is 0 Å². The minimum atomic E-state index is -0.403. The highest BCUT2D eigenvalue weighted by atomic mass is 16.5. The molecule has 2 rings (SSSR count). The third kappa shape index (κ3) is 2.37. The number of hydrogen-bond donors (Lipinski definition) is 1. The third-order valence-corrected chi connectivity index (χ3v) is 2.90. The van der Waals surface area contributed by atoms with Crippen LogP contribution in [0, 0.1) is 12.3 Å². The van der Waals surface area contributed by atoms with Gasteiger partial charge in [0.2, 0.25) is 0 Å². The molecule has 1 aliphatic rings. The maximum Gasteiger partial charge on any atom is 0.122 e.